The Morgan fingerprint density at radius 3 is 2.39 bits per heavy atom. The van der Waals surface area contributed by atoms with Crippen LogP contribution in [0.5, 0.6) is 0 Å². The van der Waals surface area contributed by atoms with Gasteiger partial charge in [-0.15, -0.1) is 0 Å². The van der Waals surface area contributed by atoms with Gasteiger partial charge in [0.15, 0.2) is 6.17 Å². The molecule has 31 heavy (non-hydrogen) atoms. The minimum Gasteiger partial charge on any atom is -0.497 e. The molecular formula is C19H23F5N4O3. The molecule has 1 aliphatic heterocycles. The van der Waals surface area contributed by atoms with E-state index in [2.05, 4.69) is 0 Å². The maximum absolute atomic E-state index is 15.6. The van der Waals surface area contributed by atoms with Crippen LogP contribution >= 0.6 is 0 Å². The van der Waals surface area contributed by atoms with Crippen molar-refractivity contribution in [3.63, 3.8) is 0 Å². The van der Waals surface area contributed by atoms with E-state index >= 15 is 4.39 Å². The molecule has 4 atom stereocenters. The van der Waals surface area contributed by atoms with Gasteiger partial charge in [0.2, 0.25) is 0 Å². The number of likely N-dealkylation sites (tertiary alicyclic amines) is 1. The Morgan fingerprint density at radius 2 is 1.90 bits per heavy atom. The number of fused-ring (bicyclic) bond motifs is 1. The highest BCUT2D eigenvalue weighted by Gasteiger charge is 2.54. The van der Waals surface area contributed by atoms with Gasteiger partial charge >= 0.3 is 5.69 Å². The van der Waals surface area contributed by atoms with Crippen LogP contribution in [0.4, 0.5) is 22.0 Å². The Labute approximate surface area is 173 Å². The highest BCUT2D eigenvalue weighted by Crippen LogP contribution is 2.40. The molecule has 172 valence electrons. The van der Waals surface area contributed by atoms with Gasteiger partial charge in [-0.3, -0.25) is 19.2 Å². The van der Waals surface area contributed by atoms with Crippen LogP contribution in [0.15, 0.2) is 9.59 Å². The van der Waals surface area contributed by atoms with E-state index in [9.17, 15) is 27.2 Å². The summed E-state index contributed by atoms with van der Waals surface area (Å²) in [5.74, 6) is -4.88. The van der Waals surface area contributed by atoms with Gasteiger partial charge in [-0.1, -0.05) is 0 Å². The number of aromatic nitrogens is 2. The zero-order valence-electron chi connectivity index (χ0n) is 16.9. The van der Waals surface area contributed by atoms with Crippen molar-refractivity contribution in [1.29, 1.82) is 0 Å². The monoisotopic (exact) mass is 450 g/mol. The minimum absolute atomic E-state index is 0.263. The van der Waals surface area contributed by atoms with Crippen molar-refractivity contribution in [2.75, 3.05) is 20.2 Å². The first-order valence-electron chi connectivity index (χ1n) is 9.96. The summed E-state index contributed by atoms with van der Waals surface area (Å²) in [6.45, 7) is 0.123. The van der Waals surface area contributed by atoms with Crippen molar-refractivity contribution < 1.29 is 26.7 Å². The second-order valence-corrected chi connectivity index (χ2v) is 8.41. The molecule has 1 aromatic heterocycles. The van der Waals surface area contributed by atoms with Crippen LogP contribution in [0.2, 0.25) is 0 Å². The summed E-state index contributed by atoms with van der Waals surface area (Å²) < 4.78 is 79.1. The second kappa shape index (κ2) is 7.44. The van der Waals surface area contributed by atoms with Crippen LogP contribution in [0, 0.1) is 5.92 Å². The molecule has 4 unspecified atom stereocenters. The number of aromatic amines is 1. The molecule has 7 nitrogen and oxygen atoms in total. The Kier molecular flexibility index (Phi) is 5.28. The summed E-state index contributed by atoms with van der Waals surface area (Å²) in [6.07, 6.45) is -4.76. The van der Waals surface area contributed by atoms with Crippen molar-refractivity contribution in [3.8, 4) is 0 Å². The van der Waals surface area contributed by atoms with Gasteiger partial charge < -0.3 is 10.5 Å². The number of nitrogens with zero attached hydrogens (tertiary/aromatic N) is 2. The number of H-pyrrole nitrogens is 1. The molecule has 0 bridgehead atoms. The van der Waals surface area contributed by atoms with E-state index in [4.69, 9.17) is 10.5 Å². The molecule has 2 heterocycles. The van der Waals surface area contributed by atoms with E-state index in [0.29, 0.717) is 12.8 Å². The fraction of sp³-hybridized carbons (Fsp3) is 0.684. The van der Waals surface area contributed by atoms with E-state index in [1.807, 2.05) is 4.98 Å². The number of nitrogens with two attached hydrogens (primary N) is 1. The van der Waals surface area contributed by atoms with Gasteiger partial charge in [0.05, 0.1) is 30.1 Å². The lowest BCUT2D eigenvalue weighted by Crippen LogP contribution is -2.63. The van der Waals surface area contributed by atoms with Crippen LogP contribution in [0.3, 0.4) is 0 Å². The van der Waals surface area contributed by atoms with Gasteiger partial charge in [0.25, 0.3) is 17.9 Å². The first-order chi connectivity index (χ1) is 14.5. The Hall–Kier alpha value is -2.21. The first kappa shape index (κ1) is 22.0. The Bertz CT molecular complexity index is 1120. The average molecular weight is 450 g/mol. The molecule has 12 heteroatoms. The van der Waals surface area contributed by atoms with Gasteiger partial charge in [-0.2, -0.15) is 0 Å². The van der Waals surface area contributed by atoms with Crippen LogP contribution < -0.4 is 27.6 Å². The summed E-state index contributed by atoms with van der Waals surface area (Å²) in [5.41, 5.74) is 2.54. The van der Waals surface area contributed by atoms with Gasteiger partial charge in [0, 0.05) is 24.2 Å². The molecule has 2 fully saturated rings. The third kappa shape index (κ3) is 3.39. The van der Waals surface area contributed by atoms with Crippen molar-refractivity contribution in [3.05, 3.63) is 31.4 Å². The number of methoxy groups -OCH3 is 1. The van der Waals surface area contributed by atoms with Crippen molar-refractivity contribution in [2.24, 2.45) is 11.7 Å². The number of alkyl halides is 5. The van der Waals surface area contributed by atoms with Crippen LogP contribution in [-0.2, 0) is 4.74 Å². The molecule has 1 saturated heterocycles. The summed E-state index contributed by atoms with van der Waals surface area (Å²) in [5, 5.41) is -0.933. The normalized spacial score (nSPS) is 29.4. The summed E-state index contributed by atoms with van der Waals surface area (Å²) in [6, 6.07) is -2.95. The summed E-state index contributed by atoms with van der Waals surface area (Å²) >= 11 is 0. The molecular weight excluding hydrogens is 427 g/mol. The number of hydrogen-bond acceptors (Lipinski definition) is 5. The predicted octanol–water partition coefficient (Wildman–Crippen LogP) is -0.323. The fourth-order valence-corrected chi connectivity index (χ4v) is 4.72. The van der Waals surface area contributed by atoms with E-state index in [1.165, 1.54) is 6.92 Å². The molecule has 1 saturated carbocycles. The van der Waals surface area contributed by atoms with Crippen LogP contribution in [0.25, 0.3) is 11.3 Å². The molecule has 0 radical (unpaired) electrons. The van der Waals surface area contributed by atoms with Crippen molar-refractivity contribution in [1.82, 2.24) is 14.5 Å². The number of rotatable bonds is 5. The van der Waals surface area contributed by atoms with E-state index in [1.54, 1.807) is 0 Å². The topological polar surface area (TPSA) is 93.3 Å². The largest absolute Gasteiger partial charge is 0.497 e. The highest BCUT2D eigenvalue weighted by atomic mass is 19.3. The van der Waals surface area contributed by atoms with E-state index in [0.717, 1.165) is 16.6 Å². The predicted molar refractivity (Wildman–Crippen MR) is 101 cm³/mol. The maximum Gasteiger partial charge on any atom is 0.329 e. The molecule has 0 spiro atoms. The number of halogens is 5. The zero-order valence-corrected chi connectivity index (χ0v) is 16.9. The quantitative estimate of drug-likeness (QED) is 0.600. The van der Waals surface area contributed by atoms with Crippen molar-refractivity contribution >= 4 is 11.3 Å². The number of ether oxygens (including phenoxy) is 1. The zero-order chi connectivity index (χ0) is 22.8. The highest BCUT2D eigenvalue weighted by molar-refractivity contribution is 5.63. The second-order valence-electron chi connectivity index (χ2n) is 8.41. The molecule has 3 aliphatic rings. The SMILES string of the molecule is COC1=c2c(c(=O)[nH]c(=O)n2C2CC2)=C(C(F)F)C(F)C1N1CC(C(C)N)C(F)(F)C1. The van der Waals surface area contributed by atoms with Crippen molar-refractivity contribution in [2.45, 2.75) is 56.4 Å². The van der Waals surface area contributed by atoms with E-state index in [-0.39, 0.29) is 23.7 Å². The van der Waals surface area contributed by atoms with Crippen LogP contribution in [0.1, 0.15) is 25.8 Å². The standard InChI is InChI=1S/C19H23F5N4O3/c1-7(25)9-5-27(6-19(9,23)24)14-12(20)10(16(21)22)11-13(15(14)31-2)28(8-3-4-8)18(30)26-17(11)29/h7-9,12,14,16H,3-6,25H2,1-2H3,(H,26,29,30). The molecule has 4 rings (SSSR count). The lowest BCUT2D eigenvalue weighted by Gasteiger charge is -2.35. The lowest BCUT2D eigenvalue weighted by molar-refractivity contribution is -0.0349. The Morgan fingerprint density at radius 1 is 1.26 bits per heavy atom. The third-order valence-corrected chi connectivity index (χ3v) is 6.29. The molecule has 0 aromatic carbocycles. The molecule has 1 aromatic rings. The van der Waals surface area contributed by atoms with Gasteiger partial charge in [-0.25, -0.2) is 26.7 Å². The third-order valence-electron chi connectivity index (χ3n) is 6.29. The molecule has 0 amide bonds. The first-order valence-corrected chi connectivity index (χ1v) is 9.96. The fourth-order valence-electron chi connectivity index (χ4n) is 4.72. The average Bonchev–Trinajstić information content (AvgIpc) is 3.43. The summed E-state index contributed by atoms with van der Waals surface area (Å²) in [4.78, 5) is 27.9. The maximum atomic E-state index is 15.6. The van der Waals surface area contributed by atoms with Gasteiger partial charge in [-0.05, 0) is 19.8 Å². The molecule has 2 aliphatic carbocycles. The number of hydrogen-bond donors (Lipinski definition) is 2. The van der Waals surface area contributed by atoms with E-state index < -0.39 is 65.1 Å². The molecule has 3 N–H and O–H groups in total. The number of nitrogens with one attached hydrogen (secondary N) is 1. The minimum atomic E-state index is -3.38. The Balaban J connectivity index is 2.03. The smallest absolute Gasteiger partial charge is 0.329 e. The summed E-state index contributed by atoms with van der Waals surface area (Å²) in [7, 11) is 1.13. The van der Waals surface area contributed by atoms with Gasteiger partial charge in [0.1, 0.15) is 11.8 Å². The van der Waals surface area contributed by atoms with Crippen LogP contribution in [-0.4, -0.2) is 65.3 Å². The lowest BCUT2D eigenvalue weighted by atomic mass is 9.93.